The molecule has 0 aromatic heterocycles. The first-order chi connectivity index (χ1) is 9.01. The molecule has 0 heterocycles. The summed E-state index contributed by atoms with van der Waals surface area (Å²) in [6.07, 6.45) is 0.740. The summed E-state index contributed by atoms with van der Waals surface area (Å²) in [6.45, 7) is 1.77. The molecule has 0 saturated carbocycles. The summed E-state index contributed by atoms with van der Waals surface area (Å²) in [5.41, 5.74) is 6.27. The smallest absolute Gasteiger partial charge is 0.239 e. The van der Waals surface area contributed by atoms with Crippen molar-refractivity contribution >= 4 is 27.7 Å². The van der Waals surface area contributed by atoms with Crippen molar-refractivity contribution in [1.82, 2.24) is 10.6 Å². The molecule has 0 aliphatic rings. The molecule has 0 aliphatic heterocycles. The van der Waals surface area contributed by atoms with Crippen LogP contribution in [0.1, 0.15) is 12.5 Å². The summed E-state index contributed by atoms with van der Waals surface area (Å²) in [4.78, 5) is 22.4. The molecular formula is C13H18BrN3O2. The van der Waals surface area contributed by atoms with Crippen LogP contribution >= 0.6 is 15.9 Å². The molecule has 2 amide bonds. The topological polar surface area (TPSA) is 84.2 Å². The monoisotopic (exact) mass is 327 g/mol. The van der Waals surface area contributed by atoms with Crippen LogP contribution in [-0.2, 0) is 16.0 Å². The first-order valence-electron chi connectivity index (χ1n) is 6.02. The molecule has 0 bridgehead atoms. The Balaban J connectivity index is 2.34. The van der Waals surface area contributed by atoms with Gasteiger partial charge in [0.1, 0.15) is 0 Å². The van der Waals surface area contributed by atoms with Gasteiger partial charge in [0.05, 0.1) is 13.1 Å². The molecule has 4 N–H and O–H groups in total. The summed E-state index contributed by atoms with van der Waals surface area (Å²) in [7, 11) is 0. The fourth-order valence-corrected chi connectivity index (χ4v) is 1.87. The van der Waals surface area contributed by atoms with Crippen LogP contribution in [0.5, 0.6) is 0 Å². The van der Waals surface area contributed by atoms with Gasteiger partial charge in [0.25, 0.3) is 0 Å². The van der Waals surface area contributed by atoms with Crippen molar-refractivity contribution in [2.24, 2.45) is 5.73 Å². The minimum absolute atomic E-state index is 0.00320. The van der Waals surface area contributed by atoms with Crippen LogP contribution in [0, 0.1) is 0 Å². The summed E-state index contributed by atoms with van der Waals surface area (Å²) in [5.74, 6) is -0.554. The number of hydrogen-bond donors (Lipinski definition) is 3. The molecule has 19 heavy (non-hydrogen) atoms. The standard InChI is InChI=1S/C13H18BrN3O2/c1-9(6-10-2-4-11(14)5-3-10)17-13(19)8-16-12(18)7-15/h2-5,9H,6-8,15H2,1H3,(H,16,18)(H,17,19)/t9-/m0/s1. The normalized spacial score (nSPS) is 11.7. The van der Waals surface area contributed by atoms with E-state index in [0.29, 0.717) is 0 Å². The molecule has 6 heteroatoms. The van der Waals surface area contributed by atoms with E-state index in [0.717, 1.165) is 16.5 Å². The number of halogens is 1. The van der Waals surface area contributed by atoms with Crippen molar-refractivity contribution in [1.29, 1.82) is 0 Å². The van der Waals surface area contributed by atoms with E-state index >= 15 is 0 Å². The Morgan fingerprint density at radius 3 is 2.47 bits per heavy atom. The fourth-order valence-electron chi connectivity index (χ4n) is 1.60. The minimum atomic E-state index is -0.337. The van der Waals surface area contributed by atoms with E-state index in [2.05, 4.69) is 26.6 Å². The van der Waals surface area contributed by atoms with Gasteiger partial charge in [-0.05, 0) is 31.0 Å². The Hall–Kier alpha value is -1.40. The van der Waals surface area contributed by atoms with Gasteiger partial charge in [-0.25, -0.2) is 0 Å². The second-order valence-corrected chi connectivity index (χ2v) is 5.20. The second-order valence-electron chi connectivity index (χ2n) is 4.28. The van der Waals surface area contributed by atoms with Gasteiger partial charge in [0.2, 0.25) is 11.8 Å². The van der Waals surface area contributed by atoms with Gasteiger partial charge in [-0.1, -0.05) is 28.1 Å². The Labute approximate surface area is 121 Å². The number of benzene rings is 1. The van der Waals surface area contributed by atoms with E-state index in [9.17, 15) is 9.59 Å². The van der Waals surface area contributed by atoms with E-state index in [1.54, 1.807) is 0 Å². The van der Waals surface area contributed by atoms with E-state index in [1.165, 1.54) is 0 Å². The highest BCUT2D eigenvalue weighted by atomic mass is 79.9. The zero-order chi connectivity index (χ0) is 14.3. The number of amides is 2. The average Bonchev–Trinajstić information content (AvgIpc) is 2.38. The molecule has 1 atom stereocenters. The second kappa shape index (κ2) is 7.91. The number of nitrogens with one attached hydrogen (secondary N) is 2. The largest absolute Gasteiger partial charge is 0.352 e. The van der Waals surface area contributed by atoms with Gasteiger partial charge in [0.15, 0.2) is 0 Å². The van der Waals surface area contributed by atoms with Crippen LogP contribution in [0.3, 0.4) is 0 Å². The summed E-state index contributed by atoms with van der Waals surface area (Å²) < 4.78 is 1.03. The highest BCUT2D eigenvalue weighted by molar-refractivity contribution is 9.10. The number of nitrogens with two attached hydrogens (primary N) is 1. The minimum Gasteiger partial charge on any atom is -0.352 e. The molecule has 0 unspecified atom stereocenters. The predicted molar refractivity (Wildman–Crippen MR) is 77.5 cm³/mol. The first-order valence-corrected chi connectivity index (χ1v) is 6.81. The number of rotatable bonds is 6. The third-order valence-electron chi connectivity index (χ3n) is 2.49. The lowest BCUT2D eigenvalue weighted by atomic mass is 10.1. The van der Waals surface area contributed by atoms with Crippen molar-refractivity contribution in [3.8, 4) is 0 Å². The molecule has 5 nitrogen and oxygen atoms in total. The molecule has 0 radical (unpaired) electrons. The van der Waals surface area contributed by atoms with Crippen LogP contribution < -0.4 is 16.4 Å². The Morgan fingerprint density at radius 2 is 1.89 bits per heavy atom. The summed E-state index contributed by atoms with van der Waals surface area (Å²) in [6, 6.07) is 7.94. The third kappa shape index (κ3) is 6.35. The maximum absolute atomic E-state index is 11.5. The molecule has 0 fully saturated rings. The molecule has 0 spiro atoms. The van der Waals surface area contributed by atoms with E-state index < -0.39 is 0 Å². The Morgan fingerprint density at radius 1 is 1.26 bits per heavy atom. The van der Waals surface area contributed by atoms with Gasteiger partial charge in [0, 0.05) is 10.5 Å². The molecule has 1 aromatic carbocycles. The van der Waals surface area contributed by atoms with E-state index in [-0.39, 0.29) is 30.9 Å². The molecule has 104 valence electrons. The predicted octanol–water partition coefficient (Wildman–Crippen LogP) is 0.571. The lowest BCUT2D eigenvalue weighted by Gasteiger charge is -2.14. The Bertz CT molecular complexity index is 434. The van der Waals surface area contributed by atoms with Crippen LogP contribution in [0.15, 0.2) is 28.7 Å². The lowest BCUT2D eigenvalue weighted by molar-refractivity contribution is -0.125. The first kappa shape index (κ1) is 15.7. The third-order valence-corrected chi connectivity index (χ3v) is 3.02. The van der Waals surface area contributed by atoms with Crippen molar-refractivity contribution in [3.63, 3.8) is 0 Å². The quantitative estimate of drug-likeness (QED) is 0.714. The van der Waals surface area contributed by atoms with Gasteiger partial charge in [-0.3, -0.25) is 9.59 Å². The van der Waals surface area contributed by atoms with E-state index in [4.69, 9.17) is 5.73 Å². The highest BCUT2D eigenvalue weighted by Crippen LogP contribution is 2.11. The van der Waals surface area contributed by atoms with Gasteiger partial charge >= 0.3 is 0 Å². The van der Waals surface area contributed by atoms with Gasteiger partial charge in [-0.2, -0.15) is 0 Å². The zero-order valence-electron chi connectivity index (χ0n) is 10.8. The highest BCUT2D eigenvalue weighted by Gasteiger charge is 2.09. The Kier molecular flexibility index (Phi) is 6.52. The number of hydrogen-bond acceptors (Lipinski definition) is 3. The maximum Gasteiger partial charge on any atom is 0.239 e. The van der Waals surface area contributed by atoms with Crippen molar-refractivity contribution in [2.75, 3.05) is 13.1 Å². The molecule has 1 aromatic rings. The van der Waals surface area contributed by atoms with Crippen LogP contribution in [-0.4, -0.2) is 30.9 Å². The van der Waals surface area contributed by atoms with E-state index in [1.807, 2.05) is 31.2 Å². The van der Waals surface area contributed by atoms with Crippen LogP contribution in [0.25, 0.3) is 0 Å². The SMILES string of the molecule is C[C@@H](Cc1ccc(Br)cc1)NC(=O)CNC(=O)CN. The maximum atomic E-state index is 11.5. The molecule has 0 aliphatic carbocycles. The molecular weight excluding hydrogens is 310 g/mol. The summed E-state index contributed by atoms with van der Waals surface area (Å²) in [5, 5.41) is 5.24. The zero-order valence-corrected chi connectivity index (χ0v) is 12.4. The fraction of sp³-hybridized carbons (Fsp3) is 0.385. The molecule has 0 saturated heterocycles. The van der Waals surface area contributed by atoms with Gasteiger partial charge < -0.3 is 16.4 Å². The van der Waals surface area contributed by atoms with Crippen molar-refractivity contribution < 1.29 is 9.59 Å². The number of carbonyl (C=O) groups excluding carboxylic acids is 2. The number of carbonyl (C=O) groups is 2. The average molecular weight is 328 g/mol. The lowest BCUT2D eigenvalue weighted by Crippen LogP contribution is -2.43. The van der Waals surface area contributed by atoms with Crippen LogP contribution in [0.4, 0.5) is 0 Å². The molecule has 1 rings (SSSR count). The van der Waals surface area contributed by atoms with Crippen molar-refractivity contribution in [2.45, 2.75) is 19.4 Å². The van der Waals surface area contributed by atoms with Crippen LogP contribution in [0.2, 0.25) is 0 Å². The summed E-state index contributed by atoms with van der Waals surface area (Å²) >= 11 is 3.37. The van der Waals surface area contributed by atoms with Gasteiger partial charge in [-0.15, -0.1) is 0 Å². The van der Waals surface area contributed by atoms with Crippen molar-refractivity contribution in [3.05, 3.63) is 34.3 Å².